The van der Waals surface area contributed by atoms with Crippen molar-refractivity contribution in [2.75, 3.05) is 26.1 Å². The first-order chi connectivity index (χ1) is 24.5. The number of methoxy groups -OCH3 is 1. The van der Waals surface area contributed by atoms with Crippen molar-refractivity contribution in [1.29, 1.82) is 0 Å². The van der Waals surface area contributed by atoms with Crippen molar-refractivity contribution in [2.45, 2.75) is 102 Å². The maximum absolute atomic E-state index is 12.6. The molecule has 0 unspecified atom stereocenters. The number of hydrogen-bond donors (Lipinski definition) is 0. The van der Waals surface area contributed by atoms with Gasteiger partial charge in [0.1, 0.15) is 23.7 Å². The second-order valence-corrected chi connectivity index (χ2v) is 19.0. The first-order valence-electron chi connectivity index (χ1n) is 17.7. The summed E-state index contributed by atoms with van der Waals surface area (Å²) < 4.78 is 44.3. The molecule has 51 heavy (non-hydrogen) atoms. The Morgan fingerprint density at radius 2 is 1.47 bits per heavy atom. The molecule has 1 fully saturated rings. The maximum Gasteiger partial charge on any atom is 0.305 e. The van der Waals surface area contributed by atoms with Crippen LogP contribution in [-0.2, 0) is 49.0 Å². The second kappa shape index (κ2) is 19.7. The quantitative estimate of drug-likeness (QED) is 0.0644. The molecule has 0 radical (unpaired) electrons. The van der Waals surface area contributed by atoms with Gasteiger partial charge in [-0.2, -0.15) is 0 Å². The molecule has 1 aliphatic rings. The van der Waals surface area contributed by atoms with Crippen LogP contribution in [0.4, 0.5) is 0 Å². The fraction of sp³-hybridized carbons (Fsp3) is 0.500. The van der Waals surface area contributed by atoms with E-state index in [-0.39, 0.29) is 30.6 Å². The van der Waals surface area contributed by atoms with Crippen LogP contribution in [0, 0.1) is 0 Å². The van der Waals surface area contributed by atoms with Crippen LogP contribution in [-0.4, -0.2) is 82.5 Å². The molecule has 1 heterocycles. The molecule has 278 valence electrons. The van der Waals surface area contributed by atoms with Crippen molar-refractivity contribution in [3.63, 3.8) is 0 Å². The smallest absolute Gasteiger partial charge is 0.305 e. The Morgan fingerprint density at radius 3 is 2.00 bits per heavy atom. The summed E-state index contributed by atoms with van der Waals surface area (Å²) in [6, 6.07) is 30.7. The third-order valence-corrected chi connectivity index (χ3v) is 15.1. The Bertz CT molecular complexity index is 1430. The normalized spacial score (nSPS) is 21.5. The Morgan fingerprint density at radius 1 is 0.882 bits per heavy atom. The number of ether oxygens (including phenoxy) is 6. The lowest BCUT2D eigenvalue weighted by molar-refractivity contribution is -0.277. The van der Waals surface area contributed by atoms with E-state index in [1.54, 1.807) is 0 Å². The molecular formula is C40H54O9SSi. The molecule has 3 aromatic carbocycles. The van der Waals surface area contributed by atoms with Gasteiger partial charge in [0.05, 0.1) is 20.3 Å². The van der Waals surface area contributed by atoms with E-state index in [4.69, 9.17) is 32.8 Å². The van der Waals surface area contributed by atoms with Crippen LogP contribution in [0.2, 0.25) is 5.04 Å². The maximum atomic E-state index is 12.6. The molecule has 1 saturated heterocycles. The van der Waals surface area contributed by atoms with Crippen molar-refractivity contribution in [2.24, 2.45) is 0 Å². The highest BCUT2D eigenvalue weighted by molar-refractivity contribution is 7.99. The van der Waals surface area contributed by atoms with Crippen LogP contribution in [0.5, 0.6) is 0 Å². The summed E-state index contributed by atoms with van der Waals surface area (Å²) in [7, 11) is -1.60. The number of carbonyl (C=O) groups is 2. The molecule has 6 atom stereocenters. The van der Waals surface area contributed by atoms with Crippen LogP contribution in [0.3, 0.4) is 0 Å². The molecule has 3 aromatic rings. The summed E-state index contributed by atoms with van der Waals surface area (Å²) in [5.41, 5.74) is 0.326. The highest BCUT2D eigenvalue weighted by atomic mass is 32.2. The van der Waals surface area contributed by atoms with Crippen LogP contribution in [0.25, 0.3) is 0 Å². The predicted octanol–water partition coefficient (Wildman–Crippen LogP) is 6.26. The Kier molecular flexibility index (Phi) is 15.7. The third kappa shape index (κ3) is 11.0. The van der Waals surface area contributed by atoms with Crippen LogP contribution >= 0.6 is 11.8 Å². The first-order valence-corrected chi connectivity index (χ1v) is 20.6. The van der Waals surface area contributed by atoms with E-state index in [9.17, 15) is 9.59 Å². The lowest BCUT2D eigenvalue weighted by Gasteiger charge is -2.48. The molecule has 0 N–H and O–H groups in total. The molecule has 0 aliphatic carbocycles. The van der Waals surface area contributed by atoms with Crippen molar-refractivity contribution >= 4 is 42.4 Å². The Hall–Kier alpha value is -3.03. The second-order valence-electron chi connectivity index (χ2n) is 13.5. The van der Waals surface area contributed by atoms with E-state index in [0.717, 1.165) is 15.9 Å². The van der Waals surface area contributed by atoms with E-state index in [1.807, 2.05) is 56.3 Å². The van der Waals surface area contributed by atoms with E-state index < -0.39 is 50.4 Å². The van der Waals surface area contributed by atoms with Gasteiger partial charge >= 0.3 is 11.9 Å². The van der Waals surface area contributed by atoms with E-state index in [1.165, 1.54) is 25.8 Å². The highest BCUT2D eigenvalue weighted by Gasteiger charge is 2.54. The predicted molar refractivity (Wildman–Crippen MR) is 202 cm³/mol. The van der Waals surface area contributed by atoms with Gasteiger partial charge in [-0.1, -0.05) is 112 Å². The summed E-state index contributed by atoms with van der Waals surface area (Å²) in [6.07, 6.45) is -2.72. The zero-order valence-electron chi connectivity index (χ0n) is 30.9. The Balaban J connectivity index is 1.78. The van der Waals surface area contributed by atoms with Gasteiger partial charge in [0.15, 0.2) is 12.4 Å². The number of hydrogen-bond acceptors (Lipinski definition) is 10. The van der Waals surface area contributed by atoms with E-state index >= 15 is 0 Å². The summed E-state index contributed by atoms with van der Waals surface area (Å²) in [4.78, 5) is 24.5. The molecule has 0 spiro atoms. The molecule has 0 saturated carbocycles. The van der Waals surface area contributed by atoms with E-state index in [2.05, 4.69) is 69.3 Å². The average Bonchev–Trinajstić information content (AvgIpc) is 3.11. The molecule has 0 bridgehead atoms. The summed E-state index contributed by atoms with van der Waals surface area (Å²) >= 11 is 1.47. The van der Waals surface area contributed by atoms with Crippen molar-refractivity contribution in [3.8, 4) is 0 Å². The molecule has 0 aromatic heterocycles. The highest BCUT2D eigenvalue weighted by Crippen LogP contribution is 2.39. The lowest BCUT2D eigenvalue weighted by atomic mass is 9.99. The van der Waals surface area contributed by atoms with Gasteiger partial charge in [0, 0.05) is 20.0 Å². The van der Waals surface area contributed by atoms with Gasteiger partial charge in [-0.05, 0) is 47.0 Å². The number of esters is 2. The van der Waals surface area contributed by atoms with Crippen LogP contribution < -0.4 is 10.4 Å². The summed E-state index contributed by atoms with van der Waals surface area (Å²) in [5, 5.41) is 2.01. The summed E-state index contributed by atoms with van der Waals surface area (Å²) in [5.74, 6) is -0.182. The molecule has 9 nitrogen and oxygen atoms in total. The monoisotopic (exact) mass is 738 g/mol. The molecule has 4 rings (SSSR count). The lowest BCUT2D eigenvalue weighted by Crippen LogP contribution is -2.68. The molecule has 11 heteroatoms. The zero-order valence-corrected chi connectivity index (χ0v) is 32.8. The largest absolute Gasteiger partial charge is 0.469 e. The average molecular weight is 739 g/mol. The number of benzene rings is 3. The topological polar surface area (TPSA) is 98.8 Å². The van der Waals surface area contributed by atoms with Crippen molar-refractivity contribution < 1.29 is 42.4 Å². The fourth-order valence-electron chi connectivity index (χ4n) is 6.57. The van der Waals surface area contributed by atoms with Crippen molar-refractivity contribution in [3.05, 3.63) is 96.6 Å². The molecule has 1 aliphatic heterocycles. The Labute approximate surface area is 308 Å². The number of thioether (sulfide) groups is 1. The minimum Gasteiger partial charge on any atom is -0.469 e. The SMILES string of the molecule is CCO[C@@H](C)O[C@@H]1[C@H](OCc2ccccc2)[C@@H](OC(C)=O)[C@H](SCCCC(=O)OC)O[C@@H]1CO[Si](c1ccccc1)(c1ccccc1)C(C)(C)C. The van der Waals surface area contributed by atoms with Gasteiger partial charge in [-0.25, -0.2) is 0 Å². The summed E-state index contributed by atoms with van der Waals surface area (Å²) in [6.45, 7) is 12.7. The number of carbonyl (C=O) groups excluding carboxylic acids is 2. The molecule has 0 amide bonds. The van der Waals surface area contributed by atoms with Gasteiger partial charge in [0.2, 0.25) is 0 Å². The first kappa shape index (κ1) is 40.7. The van der Waals surface area contributed by atoms with Gasteiger partial charge < -0.3 is 32.8 Å². The van der Waals surface area contributed by atoms with E-state index in [0.29, 0.717) is 18.8 Å². The van der Waals surface area contributed by atoms with Gasteiger partial charge in [0.25, 0.3) is 8.32 Å². The zero-order chi connectivity index (χ0) is 36.9. The van der Waals surface area contributed by atoms with Gasteiger partial charge in [-0.15, -0.1) is 11.8 Å². The number of rotatable bonds is 18. The van der Waals surface area contributed by atoms with Crippen LogP contribution in [0.1, 0.15) is 59.9 Å². The minimum atomic E-state index is -2.98. The van der Waals surface area contributed by atoms with Crippen molar-refractivity contribution in [1.82, 2.24) is 0 Å². The molecular weight excluding hydrogens is 685 g/mol. The third-order valence-electron chi connectivity index (χ3n) is 8.84. The van der Waals surface area contributed by atoms with Crippen LogP contribution in [0.15, 0.2) is 91.0 Å². The van der Waals surface area contributed by atoms with Gasteiger partial charge in [-0.3, -0.25) is 9.59 Å². The minimum absolute atomic E-state index is 0.175. The standard InChI is InChI=1S/C40H54O9SSi/c1-8-44-30(3)48-36-34(28-46-51(40(4,5)6,32-21-14-10-15-22-32)33-23-16-11-17-24-33)49-39(50-26-18-25-35(42)43-7)38(47-29(2)41)37(36)45-27-31-19-12-9-13-20-31/h9-17,19-24,30,34,36-39H,8,18,25-28H2,1-7H3/t30-,34-,36+,37+,38-,39+/m1/s1. The fourth-order valence-corrected chi connectivity index (χ4v) is 12.3.